The molecule has 17 heavy (non-hydrogen) atoms. The van der Waals surface area contributed by atoms with Crippen LogP contribution in [0.15, 0.2) is 0 Å². The molecule has 0 radical (unpaired) electrons. The number of unbranched alkanes of at least 4 members (excludes halogenated alkanes) is 3. The molecule has 0 atom stereocenters. The van der Waals surface area contributed by atoms with Crippen LogP contribution in [0.25, 0.3) is 0 Å². The first-order valence-corrected chi connectivity index (χ1v) is 12.5. The molecule has 0 aliphatic carbocycles. The Kier molecular flexibility index (Phi) is 12.2. The Morgan fingerprint density at radius 3 is 1.29 bits per heavy atom. The van der Waals surface area contributed by atoms with Crippen molar-refractivity contribution in [2.24, 2.45) is 0 Å². The molecule has 0 spiro atoms. The molecule has 0 rings (SSSR count). The topological polar surface area (TPSA) is 0 Å². The van der Waals surface area contributed by atoms with Gasteiger partial charge in [0.2, 0.25) is 0 Å². The van der Waals surface area contributed by atoms with E-state index in [2.05, 4.69) is 20.8 Å². The van der Waals surface area contributed by atoms with Gasteiger partial charge in [-0.15, -0.1) is 0 Å². The summed E-state index contributed by atoms with van der Waals surface area (Å²) in [4.78, 5) is 0. The number of hydrogen-bond acceptors (Lipinski definition) is 0. The van der Waals surface area contributed by atoms with Crippen LogP contribution in [0.4, 0.5) is 0 Å². The van der Waals surface area contributed by atoms with Crippen molar-refractivity contribution in [2.45, 2.75) is 71.8 Å². The molecule has 0 N–H and O–H groups in total. The van der Waals surface area contributed by atoms with Crippen LogP contribution >= 0.6 is 7.26 Å². The van der Waals surface area contributed by atoms with Gasteiger partial charge in [-0.05, 0) is 0 Å². The predicted molar refractivity (Wildman–Crippen MR) is 91.9 cm³/mol. The van der Waals surface area contributed by atoms with Gasteiger partial charge < -0.3 is 0 Å². The van der Waals surface area contributed by atoms with Gasteiger partial charge in [-0.25, -0.2) is 0 Å². The molecule has 0 aromatic heterocycles. The van der Waals surface area contributed by atoms with E-state index in [1.54, 1.807) is 37.1 Å². The summed E-state index contributed by atoms with van der Waals surface area (Å²) in [6, 6.07) is 1.54. The maximum absolute atomic E-state index is 2.37. The van der Waals surface area contributed by atoms with Crippen molar-refractivity contribution in [1.29, 1.82) is 0 Å². The Balaban J connectivity index is 4.39. The third-order valence-electron chi connectivity index (χ3n) is 4.24. The first-order valence-electron chi connectivity index (χ1n) is 8.24. The van der Waals surface area contributed by atoms with E-state index < -0.39 is 7.26 Å². The summed E-state index contributed by atoms with van der Waals surface area (Å²) in [6.07, 6.45) is 16.9. The third kappa shape index (κ3) is 8.38. The van der Waals surface area contributed by atoms with Crippen molar-refractivity contribution in [3.05, 3.63) is 0 Å². The van der Waals surface area contributed by atoms with Crippen molar-refractivity contribution in [3.8, 4) is 0 Å². The van der Waals surface area contributed by atoms with E-state index in [0.29, 0.717) is 0 Å². The molecule has 0 aliphatic heterocycles. The van der Waals surface area contributed by atoms with Crippen molar-refractivity contribution in [3.63, 3.8) is 0 Å². The standard InChI is InChI=1S/C15H37PSi/c1-4-7-11-16(12-8-5-2,13-9-6-3)14-10-15-17/h16H,4-15H2,1-3,17H3. The fraction of sp³-hybridized carbons (Fsp3) is 1.00. The van der Waals surface area contributed by atoms with E-state index in [9.17, 15) is 0 Å². The summed E-state index contributed by atoms with van der Waals surface area (Å²) in [5.41, 5.74) is 0. The Hall–Kier alpha value is 0.647. The van der Waals surface area contributed by atoms with Gasteiger partial charge in [-0.3, -0.25) is 0 Å². The molecule has 0 aliphatic rings. The summed E-state index contributed by atoms with van der Waals surface area (Å²) in [5.74, 6) is 0. The maximum atomic E-state index is 2.37. The van der Waals surface area contributed by atoms with Crippen LogP contribution in [-0.2, 0) is 0 Å². The average Bonchev–Trinajstić information content (AvgIpc) is 2.37. The Bertz CT molecular complexity index is 121. The molecule has 0 unspecified atom stereocenters. The summed E-state index contributed by atoms with van der Waals surface area (Å²) in [5, 5.41) is 0. The molecule has 0 heterocycles. The third-order valence-corrected chi connectivity index (χ3v) is 10.6. The zero-order valence-corrected chi connectivity index (χ0v) is 16.0. The Labute approximate surface area is 114 Å². The van der Waals surface area contributed by atoms with E-state index >= 15 is 0 Å². The van der Waals surface area contributed by atoms with Gasteiger partial charge in [0.1, 0.15) is 0 Å². The van der Waals surface area contributed by atoms with E-state index in [-0.39, 0.29) is 0 Å². The molecular weight excluding hydrogens is 239 g/mol. The first kappa shape index (κ1) is 17.6. The molecule has 0 saturated carbocycles. The summed E-state index contributed by atoms with van der Waals surface area (Å²) in [6.45, 7) is 7.10. The van der Waals surface area contributed by atoms with Gasteiger partial charge >= 0.3 is 114 Å². The second kappa shape index (κ2) is 11.7. The predicted octanol–water partition coefficient (Wildman–Crippen LogP) is 4.31. The molecule has 0 saturated heterocycles. The monoisotopic (exact) mass is 276 g/mol. The van der Waals surface area contributed by atoms with Crippen molar-refractivity contribution in [1.82, 2.24) is 0 Å². The quantitative estimate of drug-likeness (QED) is 0.368. The van der Waals surface area contributed by atoms with Gasteiger partial charge in [-0.1, -0.05) is 0 Å². The van der Waals surface area contributed by atoms with Crippen LogP contribution in [0.5, 0.6) is 0 Å². The minimum absolute atomic E-state index is 0.857. The van der Waals surface area contributed by atoms with Crippen molar-refractivity contribution < 1.29 is 0 Å². The van der Waals surface area contributed by atoms with Crippen LogP contribution in [0.2, 0.25) is 6.04 Å². The van der Waals surface area contributed by atoms with Gasteiger partial charge in [-0.2, -0.15) is 0 Å². The Morgan fingerprint density at radius 2 is 1.00 bits per heavy atom. The van der Waals surface area contributed by atoms with Crippen molar-refractivity contribution in [2.75, 3.05) is 24.6 Å². The summed E-state index contributed by atoms with van der Waals surface area (Å²) >= 11 is 0. The van der Waals surface area contributed by atoms with Crippen LogP contribution in [-0.4, -0.2) is 34.9 Å². The zero-order chi connectivity index (χ0) is 13.0. The van der Waals surface area contributed by atoms with Gasteiger partial charge in [0.25, 0.3) is 0 Å². The van der Waals surface area contributed by atoms with Gasteiger partial charge in [0.05, 0.1) is 0 Å². The van der Waals surface area contributed by atoms with E-state index in [0.717, 1.165) is 0 Å². The van der Waals surface area contributed by atoms with Crippen molar-refractivity contribution >= 4 is 17.5 Å². The van der Waals surface area contributed by atoms with Gasteiger partial charge in [0.15, 0.2) is 0 Å². The number of hydrogen-bond donors (Lipinski definition) is 0. The second-order valence-electron chi connectivity index (χ2n) is 5.91. The second-order valence-corrected chi connectivity index (χ2v) is 11.9. The molecule has 0 amide bonds. The first-order chi connectivity index (χ1) is 8.24. The van der Waals surface area contributed by atoms with Crippen LogP contribution in [0.3, 0.4) is 0 Å². The van der Waals surface area contributed by atoms with Crippen LogP contribution in [0.1, 0.15) is 65.7 Å². The Morgan fingerprint density at radius 1 is 0.647 bits per heavy atom. The zero-order valence-electron chi connectivity index (χ0n) is 13.0. The molecule has 2 heteroatoms. The minimum atomic E-state index is -0.857. The SMILES string of the molecule is CCCC[PH](CCCC)(CCCC)CCC[SiH3]. The van der Waals surface area contributed by atoms with Crippen LogP contribution in [0, 0.1) is 0 Å². The summed E-state index contributed by atoms with van der Waals surface area (Å²) < 4.78 is 0. The van der Waals surface area contributed by atoms with Crippen LogP contribution < -0.4 is 0 Å². The van der Waals surface area contributed by atoms with E-state index in [1.807, 2.05) is 0 Å². The van der Waals surface area contributed by atoms with E-state index in [1.165, 1.54) is 48.8 Å². The van der Waals surface area contributed by atoms with Gasteiger partial charge in [0, 0.05) is 0 Å². The molecule has 0 aromatic rings. The fourth-order valence-corrected chi connectivity index (χ4v) is 9.93. The molecule has 0 nitrogen and oxygen atoms in total. The normalized spacial score (nSPS) is 13.1. The molecule has 0 fully saturated rings. The van der Waals surface area contributed by atoms with E-state index in [4.69, 9.17) is 0 Å². The molecule has 0 aromatic carbocycles. The molecular formula is C15H37PSi. The number of rotatable bonds is 12. The molecule has 106 valence electrons. The average molecular weight is 277 g/mol. The fourth-order valence-electron chi connectivity index (χ4n) is 2.96. The molecule has 0 bridgehead atoms. The summed E-state index contributed by atoms with van der Waals surface area (Å²) in [7, 11) is 0.563.